The third-order valence-electron chi connectivity index (χ3n) is 4.36. The van der Waals surface area contributed by atoms with Crippen molar-refractivity contribution in [3.63, 3.8) is 0 Å². The van der Waals surface area contributed by atoms with Gasteiger partial charge in [-0.2, -0.15) is 0 Å². The van der Waals surface area contributed by atoms with Crippen molar-refractivity contribution in [1.82, 2.24) is 0 Å². The van der Waals surface area contributed by atoms with Crippen molar-refractivity contribution in [2.24, 2.45) is 0 Å². The predicted octanol–water partition coefficient (Wildman–Crippen LogP) is 3.47. The molecule has 0 aliphatic heterocycles. The number of carboxylic acids is 2. The van der Waals surface area contributed by atoms with Crippen molar-refractivity contribution in [3.8, 4) is 11.5 Å². The molecular weight excluding hydrogens is 412 g/mol. The molecule has 170 valence electrons. The van der Waals surface area contributed by atoms with Gasteiger partial charge in [0.05, 0.1) is 11.4 Å². The van der Waals surface area contributed by atoms with E-state index in [2.05, 4.69) is 0 Å². The van der Waals surface area contributed by atoms with Gasteiger partial charge in [0, 0.05) is 40.3 Å². The SMILES string of the molecule is CN(C)c1cc(/C=C/C(=O)O)ccc1OCCOc1ccc(/C=C/C(=O)O)cc1N(C)C. The van der Waals surface area contributed by atoms with Gasteiger partial charge in [-0.15, -0.1) is 0 Å². The van der Waals surface area contributed by atoms with E-state index in [0.717, 1.165) is 34.7 Å². The molecule has 0 aliphatic rings. The zero-order valence-electron chi connectivity index (χ0n) is 18.6. The van der Waals surface area contributed by atoms with E-state index in [1.54, 1.807) is 24.3 Å². The topological polar surface area (TPSA) is 99.5 Å². The van der Waals surface area contributed by atoms with E-state index in [4.69, 9.17) is 19.7 Å². The highest BCUT2D eigenvalue weighted by Crippen LogP contribution is 2.30. The largest absolute Gasteiger partial charge is 0.488 e. The molecule has 8 nitrogen and oxygen atoms in total. The Kier molecular flexibility index (Phi) is 8.71. The lowest BCUT2D eigenvalue weighted by molar-refractivity contribution is -0.132. The second-order valence-corrected chi connectivity index (χ2v) is 7.28. The highest BCUT2D eigenvalue weighted by Gasteiger charge is 2.09. The van der Waals surface area contributed by atoms with E-state index in [9.17, 15) is 9.59 Å². The summed E-state index contributed by atoms with van der Waals surface area (Å²) in [7, 11) is 7.53. The summed E-state index contributed by atoms with van der Waals surface area (Å²) in [5.41, 5.74) is 3.15. The number of nitrogens with zero attached hydrogens (tertiary/aromatic N) is 2. The first-order valence-electron chi connectivity index (χ1n) is 9.87. The summed E-state index contributed by atoms with van der Waals surface area (Å²) in [6.07, 6.45) is 5.24. The Labute approximate surface area is 187 Å². The molecule has 8 heteroatoms. The van der Waals surface area contributed by atoms with Crippen LogP contribution >= 0.6 is 0 Å². The number of anilines is 2. The number of rotatable bonds is 11. The molecule has 2 N–H and O–H groups in total. The van der Waals surface area contributed by atoms with Crippen LogP contribution in [0.2, 0.25) is 0 Å². The minimum Gasteiger partial charge on any atom is -0.488 e. The monoisotopic (exact) mass is 440 g/mol. The normalized spacial score (nSPS) is 11.0. The first kappa shape index (κ1) is 24.3. The zero-order chi connectivity index (χ0) is 23.7. The molecule has 0 spiro atoms. The van der Waals surface area contributed by atoms with E-state index in [0.29, 0.717) is 24.7 Å². The highest BCUT2D eigenvalue weighted by atomic mass is 16.5. The lowest BCUT2D eigenvalue weighted by atomic mass is 10.1. The highest BCUT2D eigenvalue weighted by molar-refractivity contribution is 5.86. The van der Waals surface area contributed by atoms with Crippen molar-refractivity contribution in [2.75, 3.05) is 51.2 Å². The molecule has 0 aromatic heterocycles. The average molecular weight is 440 g/mol. The maximum absolute atomic E-state index is 10.7. The summed E-state index contributed by atoms with van der Waals surface area (Å²) in [5, 5.41) is 17.6. The van der Waals surface area contributed by atoms with Gasteiger partial charge in [0.15, 0.2) is 0 Å². The molecule has 0 saturated heterocycles. The van der Waals surface area contributed by atoms with Crippen LogP contribution in [0.3, 0.4) is 0 Å². The van der Waals surface area contributed by atoms with Gasteiger partial charge < -0.3 is 29.5 Å². The lowest BCUT2D eigenvalue weighted by Crippen LogP contribution is -2.15. The molecular formula is C24H28N2O6. The molecule has 32 heavy (non-hydrogen) atoms. The summed E-state index contributed by atoms with van der Waals surface area (Å²) < 4.78 is 11.8. The molecule has 0 bridgehead atoms. The average Bonchev–Trinajstić information content (AvgIpc) is 2.74. The van der Waals surface area contributed by atoms with E-state index in [-0.39, 0.29) is 0 Å². The first-order valence-corrected chi connectivity index (χ1v) is 9.87. The second kappa shape index (κ2) is 11.5. The van der Waals surface area contributed by atoms with Gasteiger partial charge in [-0.1, -0.05) is 12.1 Å². The number of ether oxygens (including phenoxy) is 2. The second-order valence-electron chi connectivity index (χ2n) is 7.28. The van der Waals surface area contributed by atoms with E-state index >= 15 is 0 Å². The fourth-order valence-electron chi connectivity index (χ4n) is 2.86. The molecule has 0 aliphatic carbocycles. The number of carbonyl (C=O) groups is 2. The maximum atomic E-state index is 10.7. The Bertz CT molecular complexity index is 930. The van der Waals surface area contributed by atoms with E-state index in [1.165, 1.54) is 12.2 Å². The lowest BCUT2D eigenvalue weighted by Gasteiger charge is -2.20. The van der Waals surface area contributed by atoms with Crippen LogP contribution in [-0.4, -0.2) is 63.6 Å². The Hall–Kier alpha value is -3.94. The van der Waals surface area contributed by atoms with Gasteiger partial charge in [-0.25, -0.2) is 9.59 Å². The third-order valence-corrected chi connectivity index (χ3v) is 4.36. The van der Waals surface area contributed by atoms with Crippen LogP contribution in [0.15, 0.2) is 48.6 Å². The molecule has 0 amide bonds. The molecule has 0 fully saturated rings. The molecule has 0 radical (unpaired) electrons. The van der Waals surface area contributed by atoms with Crippen LogP contribution in [-0.2, 0) is 9.59 Å². The molecule has 2 rings (SSSR count). The van der Waals surface area contributed by atoms with E-state index in [1.807, 2.05) is 50.1 Å². The number of hydrogen-bond donors (Lipinski definition) is 2. The standard InChI is InChI=1S/C24H28N2O6/c1-25(2)19-15-17(7-11-23(27)28)5-9-21(19)31-13-14-32-22-10-6-18(8-12-24(29)30)16-20(22)26(3)4/h5-12,15-16H,13-14H2,1-4H3,(H,27,28)(H,29,30)/b11-7+,12-8+. The van der Waals surface area contributed by atoms with Crippen LogP contribution in [0.1, 0.15) is 11.1 Å². The van der Waals surface area contributed by atoms with Crippen LogP contribution in [0.5, 0.6) is 11.5 Å². The van der Waals surface area contributed by atoms with Crippen molar-refractivity contribution in [1.29, 1.82) is 0 Å². The number of aliphatic carboxylic acids is 2. The Morgan fingerprint density at radius 3 is 1.44 bits per heavy atom. The third kappa shape index (κ3) is 7.39. The molecule has 0 heterocycles. The van der Waals surface area contributed by atoms with Gasteiger partial charge in [-0.05, 0) is 47.5 Å². The van der Waals surface area contributed by atoms with Gasteiger partial charge in [0.25, 0.3) is 0 Å². The minimum absolute atomic E-state index is 0.304. The molecule has 0 unspecified atom stereocenters. The van der Waals surface area contributed by atoms with Crippen molar-refractivity contribution in [3.05, 3.63) is 59.7 Å². The number of carboxylic acid groups (broad SMARTS) is 2. The van der Waals surface area contributed by atoms with Crippen LogP contribution < -0.4 is 19.3 Å². The van der Waals surface area contributed by atoms with Crippen LogP contribution in [0, 0.1) is 0 Å². The Morgan fingerprint density at radius 2 is 1.12 bits per heavy atom. The van der Waals surface area contributed by atoms with Crippen LogP contribution in [0.4, 0.5) is 11.4 Å². The molecule has 2 aromatic rings. The summed E-state index contributed by atoms with van der Waals surface area (Å²) >= 11 is 0. The predicted molar refractivity (Wildman–Crippen MR) is 126 cm³/mol. The molecule has 0 atom stereocenters. The fourth-order valence-corrected chi connectivity index (χ4v) is 2.86. The number of hydrogen-bond acceptors (Lipinski definition) is 6. The Balaban J connectivity index is 2.05. The summed E-state index contributed by atoms with van der Waals surface area (Å²) in [6, 6.07) is 10.9. The summed E-state index contributed by atoms with van der Waals surface area (Å²) in [5.74, 6) is -0.685. The van der Waals surface area contributed by atoms with Crippen molar-refractivity contribution in [2.45, 2.75) is 0 Å². The summed E-state index contributed by atoms with van der Waals surface area (Å²) in [6.45, 7) is 0.609. The van der Waals surface area contributed by atoms with E-state index < -0.39 is 11.9 Å². The zero-order valence-corrected chi connectivity index (χ0v) is 18.6. The smallest absolute Gasteiger partial charge is 0.328 e. The summed E-state index contributed by atoms with van der Waals surface area (Å²) in [4.78, 5) is 25.2. The minimum atomic E-state index is -1.00. The molecule has 2 aromatic carbocycles. The quantitative estimate of drug-likeness (QED) is 0.405. The molecule has 0 saturated carbocycles. The van der Waals surface area contributed by atoms with Crippen LogP contribution in [0.25, 0.3) is 12.2 Å². The van der Waals surface area contributed by atoms with Gasteiger partial charge in [0.2, 0.25) is 0 Å². The first-order chi connectivity index (χ1) is 15.2. The van der Waals surface area contributed by atoms with Gasteiger partial charge in [0.1, 0.15) is 24.7 Å². The van der Waals surface area contributed by atoms with Gasteiger partial charge >= 0.3 is 11.9 Å². The maximum Gasteiger partial charge on any atom is 0.328 e. The number of benzene rings is 2. The van der Waals surface area contributed by atoms with Crippen molar-refractivity contribution >= 4 is 35.5 Å². The fraction of sp³-hybridized carbons (Fsp3) is 0.250. The Morgan fingerprint density at radius 1 is 0.750 bits per heavy atom. The van der Waals surface area contributed by atoms with Gasteiger partial charge in [-0.3, -0.25) is 0 Å². The van der Waals surface area contributed by atoms with Crippen molar-refractivity contribution < 1.29 is 29.3 Å².